The van der Waals surface area contributed by atoms with E-state index in [4.69, 9.17) is 0 Å². The summed E-state index contributed by atoms with van der Waals surface area (Å²) < 4.78 is 28.1. The van der Waals surface area contributed by atoms with Crippen LogP contribution in [0.15, 0.2) is 47.5 Å². The Morgan fingerprint density at radius 3 is 2.00 bits per heavy atom. The number of pyridine rings is 1. The fraction of sp³-hybridized carbons (Fsp3) is 0.421. The fourth-order valence-corrected chi connectivity index (χ4v) is 3.43. The molecule has 0 saturated heterocycles. The SMILES string of the molecule is CC(C)(C)c1cnc(C(C)(C)C)c(NS(=O)(=O)c2ccccc2)c1. The molecule has 1 aromatic carbocycles. The Balaban J connectivity index is 2.55. The Labute approximate surface area is 145 Å². The average Bonchev–Trinajstić information content (AvgIpc) is 2.45. The van der Waals surface area contributed by atoms with Crippen LogP contribution >= 0.6 is 0 Å². The van der Waals surface area contributed by atoms with Crippen LogP contribution < -0.4 is 4.72 Å². The van der Waals surface area contributed by atoms with Gasteiger partial charge in [-0.05, 0) is 29.2 Å². The maximum Gasteiger partial charge on any atom is 0.261 e. The van der Waals surface area contributed by atoms with Crippen LogP contribution in [0.2, 0.25) is 0 Å². The average molecular weight is 346 g/mol. The summed E-state index contributed by atoms with van der Waals surface area (Å²) in [5.74, 6) is 0. The van der Waals surface area contributed by atoms with E-state index in [1.807, 2.05) is 33.0 Å². The lowest BCUT2D eigenvalue weighted by Crippen LogP contribution is -2.22. The number of hydrogen-bond acceptors (Lipinski definition) is 3. The Bertz CT molecular complexity index is 815. The first-order valence-electron chi connectivity index (χ1n) is 8.00. The minimum atomic E-state index is -3.65. The quantitative estimate of drug-likeness (QED) is 0.891. The summed E-state index contributed by atoms with van der Waals surface area (Å²) in [5, 5.41) is 0. The Hall–Kier alpha value is -1.88. The van der Waals surface area contributed by atoms with Crippen molar-refractivity contribution in [2.45, 2.75) is 57.3 Å². The molecule has 24 heavy (non-hydrogen) atoms. The smallest absolute Gasteiger partial charge is 0.261 e. The van der Waals surface area contributed by atoms with Crippen molar-refractivity contribution in [2.24, 2.45) is 0 Å². The molecule has 0 atom stereocenters. The monoisotopic (exact) mass is 346 g/mol. The molecular weight excluding hydrogens is 320 g/mol. The predicted molar refractivity (Wildman–Crippen MR) is 98.9 cm³/mol. The minimum absolute atomic E-state index is 0.115. The van der Waals surface area contributed by atoms with Gasteiger partial charge in [0.1, 0.15) is 0 Å². The first-order chi connectivity index (χ1) is 10.9. The lowest BCUT2D eigenvalue weighted by atomic mass is 9.85. The molecule has 0 aliphatic heterocycles. The van der Waals surface area contributed by atoms with E-state index in [1.54, 1.807) is 30.3 Å². The van der Waals surface area contributed by atoms with Crippen molar-refractivity contribution < 1.29 is 8.42 Å². The van der Waals surface area contributed by atoms with Gasteiger partial charge in [-0.25, -0.2) is 8.42 Å². The number of nitrogens with one attached hydrogen (secondary N) is 1. The molecule has 1 heterocycles. The van der Waals surface area contributed by atoms with Gasteiger partial charge in [0.25, 0.3) is 10.0 Å². The van der Waals surface area contributed by atoms with E-state index in [9.17, 15) is 8.42 Å². The highest BCUT2D eigenvalue weighted by Gasteiger charge is 2.25. The van der Waals surface area contributed by atoms with Gasteiger partial charge in [-0.3, -0.25) is 9.71 Å². The van der Waals surface area contributed by atoms with Gasteiger partial charge in [-0.1, -0.05) is 59.7 Å². The number of aromatic nitrogens is 1. The summed E-state index contributed by atoms with van der Waals surface area (Å²) in [6.07, 6.45) is 1.83. The third-order valence-corrected chi connectivity index (χ3v) is 5.14. The first-order valence-corrected chi connectivity index (χ1v) is 9.48. The van der Waals surface area contributed by atoms with Gasteiger partial charge in [0, 0.05) is 11.6 Å². The molecule has 0 radical (unpaired) electrons. The van der Waals surface area contributed by atoms with Crippen molar-refractivity contribution in [3.8, 4) is 0 Å². The van der Waals surface area contributed by atoms with Crippen molar-refractivity contribution in [3.05, 3.63) is 53.9 Å². The molecule has 2 aromatic rings. The van der Waals surface area contributed by atoms with Gasteiger partial charge in [0.15, 0.2) is 0 Å². The highest BCUT2D eigenvalue weighted by Crippen LogP contribution is 2.33. The molecule has 1 N–H and O–H groups in total. The van der Waals surface area contributed by atoms with E-state index in [0.29, 0.717) is 5.69 Å². The Morgan fingerprint density at radius 2 is 1.50 bits per heavy atom. The van der Waals surface area contributed by atoms with Gasteiger partial charge < -0.3 is 0 Å². The van der Waals surface area contributed by atoms with Crippen molar-refractivity contribution in [2.75, 3.05) is 4.72 Å². The van der Waals surface area contributed by atoms with E-state index < -0.39 is 10.0 Å². The highest BCUT2D eigenvalue weighted by atomic mass is 32.2. The second kappa shape index (κ2) is 6.20. The molecule has 0 bridgehead atoms. The third kappa shape index (κ3) is 4.15. The lowest BCUT2D eigenvalue weighted by Gasteiger charge is -2.26. The molecule has 2 rings (SSSR count). The number of hydrogen-bond donors (Lipinski definition) is 1. The number of nitrogens with zero attached hydrogens (tertiary/aromatic N) is 1. The van der Waals surface area contributed by atoms with Crippen LogP contribution in [0.25, 0.3) is 0 Å². The van der Waals surface area contributed by atoms with Crippen LogP contribution in [0.1, 0.15) is 52.8 Å². The second-order valence-electron chi connectivity index (χ2n) is 8.04. The number of anilines is 1. The summed E-state index contributed by atoms with van der Waals surface area (Å²) >= 11 is 0. The molecule has 0 aliphatic carbocycles. The normalized spacial score (nSPS) is 12.9. The molecule has 0 unspecified atom stereocenters. The summed E-state index contributed by atoms with van der Waals surface area (Å²) in [6, 6.07) is 10.3. The van der Waals surface area contributed by atoms with E-state index in [0.717, 1.165) is 11.3 Å². The molecule has 0 saturated carbocycles. The number of sulfonamides is 1. The van der Waals surface area contributed by atoms with E-state index >= 15 is 0 Å². The van der Waals surface area contributed by atoms with Crippen LogP contribution in [0, 0.1) is 0 Å². The van der Waals surface area contributed by atoms with E-state index in [-0.39, 0.29) is 15.7 Å². The standard InChI is InChI=1S/C19H26N2O2S/c1-18(2,3)14-12-16(17(20-13-14)19(4,5)6)21-24(22,23)15-10-8-7-9-11-15/h7-13,21H,1-6H3. The maximum absolute atomic E-state index is 12.7. The van der Waals surface area contributed by atoms with Crippen LogP contribution in [0.4, 0.5) is 5.69 Å². The zero-order chi connectivity index (χ0) is 18.2. The van der Waals surface area contributed by atoms with E-state index in [2.05, 4.69) is 30.5 Å². The van der Waals surface area contributed by atoms with Crippen LogP contribution in [-0.2, 0) is 20.9 Å². The van der Waals surface area contributed by atoms with Crippen molar-refractivity contribution in [1.82, 2.24) is 4.98 Å². The minimum Gasteiger partial charge on any atom is -0.278 e. The number of rotatable bonds is 3. The van der Waals surface area contributed by atoms with Gasteiger partial charge >= 0.3 is 0 Å². The van der Waals surface area contributed by atoms with Gasteiger partial charge in [0.05, 0.1) is 16.3 Å². The van der Waals surface area contributed by atoms with Gasteiger partial charge in [-0.2, -0.15) is 0 Å². The maximum atomic E-state index is 12.7. The predicted octanol–water partition coefficient (Wildman–Crippen LogP) is 4.48. The second-order valence-corrected chi connectivity index (χ2v) is 9.72. The largest absolute Gasteiger partial charge is 0.278 e. The first kappa shape index (κ1) is 18.5. The number of benzene rings is 1. The van der Waals surface area contributed by atoms with Crippen molar-refractivity contribution in [1.29, 1.82) is 0 Å². The molecule has 0 aliphatic rings. The van der Waals surface area contributed by atoms with Crippen molar-refractivity contribution in [3.63, 3.8) is 0 Å². The Kier molecular flexibility index (Phi) is 4.77. The van der Waals surface area contributed by atoms with Crippen LogP contribution in [0.3, 0.4) is 0 Å². The Morgan fingerprint density at radius 1 is 0.917 bits per heavy atom. The highest BCUT2D eigenvalue weighted by molar-refractivity contribution is 7.92. The van der Waals surface area contributed by atoms with Crippen molar-refractivity contribution >= 4 is 15.7 Å². The topological polar surface area (TPSA) is 59.1 Å². The third-order valence-electron chi connectivity index (χ3n) is 3.76. The molecule has 4 nitrogen and oxygen atoms in total. The van der Waals surface area contributed by atoms with Crippen LogP contribution in [0.5, 0.6) is 0 Å². The van der Waals surface area contributed by atoms with Gasteiger partial charge in [0.2, 0.25) is 0 Å². The lowest BCUT2D eigenvalue weighted by molar-refractivity contribution is 0.558. The van der Waals surface area contributed by atoms with E-state index in [1.165, 1.54) is 0 Å². The molecule has 130 valence electrons. The van der Waals surface area contributed by atoms with Gasteiger partial charge in [-0.15, -0.1) is 0 Å². The summed E-state index contributed by atoms with van der Waals surface area (Å²) in [7, 11) is -3.65. The molecule has 1 aromatic heterocycles. The summed E-state index contributed by atoms with van der Waals surface area (Å²) in [5.41, 5.74) is 1.87. The molecule has 5 heteroatoms. The zero-order valence-corrected chi connectivity index (χ0v) is 16.0. The fourth-order valence-electron chi connectivity index (χ4n) is 2.35. The molecule has 0 amide bonds. The molecular formula is C19H26N2O2S. The molecule has 0 spiro atoms. The summed E-state index contributed by atoms with van der Waals surface area (Å²) in [4.78, 5) is 4.81. The summed E-state index contributed by atoms with van der Waals surface area (Å²) in [6.45, 7) is 12.3. The van der Waals surface area contributed by atoms with Crippen LogP contribution in [-0.4, -0.2) is 13.4 Å². The molecule has 0 fully saturated rings. The zero-order valence-electron chi connectivity index (χ0n) is 15.2.